The van der Waals surface area contributed by atoms with Crippen LogP contribution < -0.4 is 14.4 Å². The highest BCUT2D eigenvalue weighted by Crippen LogP contribution is 2.34. The van der Waals surface area contributed by atoms with Crippen molar-refractivity contribution >= 4 is 11.5 Å². The number of aromatic nitrogens is 4. The van der Waals surface area contributed by atoms with Crippen molar-refractivity contribution in [3.63, 3.8) is 0 Å². The maximum absolute atomic E-state index is 13.1. The molecular formula is C19H19F3N6O2. The number of anilines is 1. The summed E-state index contributed by atoms with van der Waals surface area (Å²) < 4.78 is 51.5. The van der Waals surface area contributed by atoms with Crippen molar-refractivity contribution in [2.75, 3.05) is 44.3 Å². The van der Waals surface area contributed by atoms with Gasteiger partial charge in [0.25, 0.3) is 5.82 Å². The van der Waals surface area contributed by atoms with Gasteiger partial charge in [-0.2, -0.15) is 17.7 Å². The highest BCUT2D eigenvalue weighted by Gasteiger charge is 2.38. The maximum Gasteiger partial charge on any atom is 0.453 e. The number of fused-ring (bicyclic) bond motifs is 2. The third-order valence-corrected chi connectivity index (χ3v) is 5.24. The molecule has 0 unspecified atom stereocenters. The van der Waals surface area contributed by atoms with Crippen LogP contribution in [-0.4, -0.2) is 64.1 Å². The minimum absolute atomic E-state index is 0.0702. The van der Waals surface area contributed by atoms with Crippen LogP contribution in [0.15, 0.2) is 30.3 Å². The van der Waals surface area contributed by atoms with E-state index in [2.05, 4.69) is 20.2 Å². The Kier molecular flexibility index (Phi) is 4.61. The SMILES string of the molecule is FC(F)(F)c1nnc2ccc(N3CCN(Cc4cccc5c4OCCO5)CC3)nn12. The lowest BCUT2D eigenvalue weighted by molar-refractivity contribution is -0.146. The number of nitrogens with zero attached hydrogens (tertiary/aromatic N) is 6. The van der Waals surface area contributed by atoms with E-state index in [4.69, 9.17) is 9.47 Å². The summed E-state index contributed by atoms with van der Waals surface area (Å²) in [5.74, 6) is 0.921. The van der Waals surface area contributed by atoms with Gasteiger partial charge in [-0.3, -0.25) is 4.90 Å². The molecule has 1 saturated heterocycles. The Morgan fingerprint density at radius 3 is 2.53 bits per heavy atom. The van der Waals surface area contributed by atoms with Gasteiger partial charge in [0.15, 0.2) is 17.1 Å². The molecule has 5 rings (SSSR count). The molecule has 0 atom stereocenters. The molecule has 11 heteroatoms. The second-order valence-electron chi connectivity index (χ2n) is 7.19. The second-order valence-corrected chi connectivity index (χ2v) is 7.19. The predicted molar refractivity (Wildman–Crippen MR) is 101 cm³/mol. The van der Waals surface area contributed by atoms with E-state index in [-0.39, 0.29) is 5.65 Å². The molecule has 1 aromatic carbocycles. The largest absolute Gasteiger partial charge is 0.486 e. The molecule has 1 fully saturated rings. The first kappa shape index (κ1) is 18.9. The third kappa shape index (κ3) is 3.49. The molecular weight excluding hydrogens is 401 g/mol. The van der Waals surface area contributed by atoms with Crippen LogP contribution in [0.3, 0.4) is 0 Å². The molecule has 158 valence electrons. The van der Waals surface area contributed by atoms with Gasteiger partial charge in [0.1, 0.15) is 19.0 Å². The summed E-state index contributed by atoms with van der Waals surface area (Å²) in [6.07, 6.45) is -4.61. The van der Waals surface area contributed by atoms with Crippen molar-refractivity contribution in [2.45, 2.75) is 12.7 Å². The second kappa shape index (κ2) is 7.31. The number of benzene rings is 1. The van der Waals surface area contributed by atoms with E-state index in [1.54, 1.807) is 6.07 Å². The highest BCUT2D eigenvalue weighted by atomic mass is 19.4. The summed E-state index contributed by atoms with van der Waals surface area (Å²) in [5.41, 5.74) is 1.14. The van der Waals surface area contributed by atoms with Gasteiger partial charge in [-0.15, -0.1) is 15.3 Å². The number of alkyl halides is 3. The molecule has 30 heavy (non-hydrogen) atoms. The molecule has 0 spiro atoms. The first-order chi connectivity index (χ1) is 14.5. The molecule has 2 aromatic heterocycles. The lowest BCUT2D eigenvalue weighted by Gasteiger charge is -2.35. The molecule has 2 aliphatic rings. The Hall–Kier alpha value is -3.08. The average molecular weight is 420 g/mol. The summed E-state index contributed by atoms with van der Waals surface area (Å²) >= 11 is 0. The summed E-state index contributed by atoms with van der Waals surface area (Å²) in [5, 5.41) is 10.9. The quantitative estimate of drug-likeness (QED) is 0.644. The third-order valence-electron chi connectivity index (χ3n) is 5.24. The van der Waals surface area contributed by atoms with Gasteiger partial charge in [-0.1, -0.05) is 12.1 Å². The fraction of sp³-hybridized carbons (Fsp3) is 0.421. The van der Waals surface area contributed by atoms with E-state index in [0.29, 0.717) is 32.1 Å². The molecule has 0 saturated carbocycles. The van der Waals surface area contributed by atoms with Crippen LogP contribution in [0.4, 0.5) is 19.0 Å². The number of para-hydroxylation sites is 1. The predicted octanol–water partition coefficient (Wildman–Crippen LogP) is 2.24. The minimum atomic E-state index is -4.61. The molecule has 0 radical (unpaired) electrons. The average Bonchev–Trinajstić information content (AvgIpc) is 3.18. The van der Waals surface area contributed by atoms with E-state index < -0.39 is 12.0 Å². The highest BCUT2D eigenvalue weighted by molar-refractivity contribution is 5.48. The number of halogens is 3. The molecule has 2 aliphatic heterocycles. The van der Waals surface area contributed by atoms with Crippen molar-refractivity contribution in [1.29, 1.82) is 0 Å². The van der Waals surface area contributed by atoms with E-state index in [9.17, 15) is 13.2 Å². The monoisotopic (exact) mass is 420 g/mol. The molecule has 0 aliphatic carbocycles. The Balaban J connectivity index is 1.28. The van der Waals surface area contributed by atoms with Crippen molar-refractivity contribution in [3.8, 4) is 11.5 Å². The van der Waals surface area contributed by atoms with Crippen LogP contribution in [0.5, 0.6) is 11.5 Å². The van der Waals surface area contributed by atoms with E-state index >= 15 is 0 Å². The topological polar surface area (TPSA) is 68.0 Å². The van der Waals surface area contributed by atoms with Crippen LogP contribution in [0.1, 0.15) is 11.4 Å². The molecule has 3 aromatic rings. The number of piperazine rings is 1. The number of hydrogen-bond acceptors (Lipinski definition) is 7. The Morgan fingerprint density at radius 2 is 1.73 bits per heavy atom. The molecule has 0 N–H and O–H groups in total. The molecule has 8 nitrogen and oxygen atoms in total. The van der Waals surface area contributed by atoms with Crippen LogP contribution in [0.25, 0.3) is 5.65 Å². The summed E-state index contributed by atoms with van der Waals surface area (Å²) in [6, 6.07) is 9.07. The summed E-state index contributed by atoms with van der Waals surface area (Å²) in [7, 11) is 0. The van der Waals surface area contributed by atoms with Crippen LogP contribution in [0, 0.1) is 0 Å². The smallest absolute Gasteiger partial charge is 0.453 e. The van der Waals surface area contributed by atoms with Crippen LogP contribution >= 0.6 is 0 Å². The molecule has 4 heterocycles. The van der Waals surface area contributed by atoms with Crippen molar-refractivity contribution in [2.24, 2.45) is 0 Å². The lowest BCUT2D eigenvalue weighted by Crippen LogP contribution is -2.46. The zero-order chi connectivity index (χ0) is 20.7. The minimum Gasteiger partial charge on any atom is -0.486 e. The van der Waals surface area contributed by atoms with Crippen molar-refractivity contribution in [3.05, 3.63) is 41.7 Å². The van der Waals surface area contributed by atoms with Gasteiger partial charge in [-0.05, 0) is 18.2 Å². The van der Waals surface area contributed by atoms with Gasteiger partial charge >= 0.3 is 6.18 Å². The van der Waals surface area contributed by atoms with Crippen LogP contribution in [0.2, 0.25) is 0 Å². The summed E-state index contributed by atoms with van der Waals surface area (Å²) in [4.78, 5) is 4.25. The Morgan fingerprint density at radius 1 is 0.933 bits per heavy atom. The van der Waals surface area contributed by atoms with Gasteiger partial charge in [-0.25, -0.2) is 0 Å². The van der Waals surface area contributed by atoms with Gasteiger partial charge < -0.3 is 14.4 Å². The number of hydrogen-bond donors (Lipinski definition) is 0. The zero-order valence-corrected chi connectivity index (χ0v) is 16.0. The fourth-order valence-electron chi connectivity index (χ4n) is 3.76. The van der Waals surface area contributed by atoms with Crippen molar-refractivity contribution in [1.82, 2.24) is 24.7 Å². The molecule has 0 bridgehead atoms. The fourth-order valence-corrected chi connectivity index (χ4v) is 3.76. The Bertz CT molecular complexity index is 1060. The van der Waals surface area contributed by atoms with Gasteiger partial charge in [0.2, 0.25) is 0 Å². The zero-order valence-electron chi connectivity index (χ0n) is 16.0. The number of ether oxygens (including phenoxy) is 2. The summed E-state index contributed by atoms with van der Waals surface area (Å²) in [6.45, 7) is 4.60. The van der Waals surface area contributed by atoms with Gasteiger partial charge in [0, 0.05) is 38.3 Å². The lowest BCUT2D eigenvalue weighted by atomic mass is 10.1. The van der Waals surface area contributed by atoms with Crippen molar-refractivity contribution < 1.29 is 22.6 Å². The van der Waals surface area contributed by atoms with E-state index in [0.717, 1.165) is 41.2 Å². The first-order valence-electron chi connectivity index (χ1n) is 9.63. The Labute approximate surface area is 169 Å². The van der Waals surface area contributed by atoms with E-state index in [1.807, 2.05) is 23.1 Å². The normalized spacial score (nSPS) is 17.5. The first-order valence-corrected chi connectivity index (χ1v) is 9.63. The van der Waals surface area contributed by atoms with E-state index in [1.165, 1.54) is 6.07 Å². The standard InChI is InChI=1S/C19H19F3N6O2/c20-19(21,22)18-24-23-15-4-5-16(25-28(15)18)27-8-6-26(7-9-27)12-13-2-1-3-14-17(13)30-11-10-29-14/h1-5H,6-12H2. The molecule has 0 amide bonds. The maximum atomic E-state index is 13.1. The van der Waals surface area contributed by atoms with Crippen LogP contribution in [-0.2, 0) is 12.7 Å². The van der Waals surface area contributed by atoms with Gasteiger partial charge in [0.05, 0.1) is 0 Å². The number of rotatable bonds is 3.